The minimum absolute atomic E-state index is 0.118. The number of carbonyl (C=O) groups excluding carboxylic acids is 1. The fourth-order valence-corrected chi connectivity index (χ4v) is 5.74. The summed E-state index contributed by atoms with van der Waals surface area (Å²) in [5, 5.41) is 14.8. The summed E-state index contributed by atoms with van der Waals surface area (Å²) in [4.78, 5) is 29.5. The van der Waals surface area contributed by atoms with E-state index in [1.807, 2.05) is 91.9 Å². The fraction of sp³-hybridized carbons (Fsp3) is 0.139. The van der Waals surface area contributed by atoms with Crippen LogP contribution in [0.3, 0.4) is 0 Å². The number of aromatic nitrogens is 2. The molecule has 0 saturated heterocycles. The van der Waals surface area contributed by atoms with Crippen LogP contribution in [0.4, 0.5) is 0 Å². The molecular weight excluding hydrogens is 522 g/mol. The Kier molecular flexibility index (Phi) is 7.05. The van der Waals surface area contributed by atoms with Gasteiger partial charge in [-0.1, -0.05) is 60.7 Å². The van der Waals surface area contributed by atoms with Gasteiger partial charge in [-0.3, -0.25) is 9.78 Å². The first-order valence-electron chi connectivity index (χ1n) is 14.0. The first-order valence-corrected chi connectivity index (χ1v) is 14.0. The number of carbonyl (C=O) groups is 2. The van der Waals surface area contributed by atoms with Gasteiger partial charge in [0.05, 0.1) is 17.1 Å². The molecule has 0 aliphatic carbocycles. The van der Waals surface area contributed by atoms with Crippen molar-refractivity contribution in [2.24, 2.45) is 0 Å². The summed E-state index contributed by atoms with van der Waals surface area (Å²) in [5.41, 5.74) is 8.86. The standard InChI is InChI=1S/C36H31N3O3/c1-22-24(3)39(21-25-12-14-26(15-13-25)29-8-4-5-10-31(29)36(41)42)34-17-16-27(20-32(22)34)35(40)38-23(2)28-18-19-37-33-11-7-6-9-30(28)33/h4-20,23H,21H2,1-3H3,(H,38,40)(H,41,42)/t23-/m0/s1. The Bertz CT molecular complexity index is 1970. The molecular formula is C36H31N3O3. The Hall–Kier alpha value is -5.23. The smallest absolute Gasteiger partial charge is 0.336 e. The number of aryl methyl sites for hydroxylation is 1. The molecule has 208 valence electrons. The maximum absolute atomic E-state index is 13.3. The van der Waals surface area contributed by atoms with Gasteiger partial charge in [-0.25, -0.2) is 4.79 Å². The van der Waals surface area contributed by atoms with Gasteiger partial charge < -0.3 is 15.0 Å². The second kappa shape index (κ2) is 11.0. The van der Waals surface area contributed by atoms with E-state index >= 15 is 0 Å². The van der Waals surface area contributed by atoms with Crippen molar-refractivity contribution in [3.8, 4) is 11.1 Å². The largest absolute Gasteiger partial charge is 0.478 e. The molecule has 0 unspecified atom stereocenters. The highest BCUT2D eigenvalue weighted by molar-refractivity contribution is 6.00. The first kappa shape index (κ1) is 27.0. The molecule has 1 atom stereocenters. The topological polar surface area (TPSA) is 84.2 Å². The number of fused-ring (bicyclic) bond motifs is 2. The zero-order valence-electron chi connectivity index (χ0n) is 23.8. The van der Waals surface area contributed by atoms with Crippen LogP contribution in [0.25, 0.3) is 32.9 Å². The molecule has 4 aromatic carbocycles. The SMILES string of the molecule is Cc1c(C)n(Cc2ccc(-c3ccccc3C(=O)O)cc2)c2ccc(C(=O)N[C@@H](C)c3ccnc4ccccc34)cc12. The van der Waals surface area contributed by atoms with Gasteiger partial charge in [0.25, 0.3) is 5.91 Å². The van der Waals surface area contributed by atoms with Crippen molar-refractivity contribution < 1.29 is 14.7 Å². The number of nitrogens with one attached hydrogen (secondary N) is 1. The minimum Gasteiger partial charge on any atom is -0.478 e. The molecule has 0 fully saturated rings. The fourth-order valence-electron chi connectivity index (χ4n) is 5.74. The van der Waals surface area contributed by atoms with Crippen molar-refractivity contribution in [2.75, 3.05) is 0 Å². The lowest BCUT2D eigenvalue weighted by Crippen LogP contribution is -2.26. The van der Waals surface area contributed by atoms with E-state index in [2.05, 4.69) is 28.7 Å². The number of hydrogen-bond donors (Lipinski definition) is 2. The second-order valence-corrected chi connectivity index (χ2v) is 10.7. The molecule has 2 aromatic heterocycles. The molecule has 0 saturated carbocycles. The predicted molar refractivity (Wildman–Crippen MR) is 167 cm³/mol. The maximum atomic E-state index is 13.3. The van der Waals surface area contributed by atoms with Gasteiger partial charge in [-0.2, -0.15) is 0 Å². The lowest BCUT2D eigenvalue weighted by Gasteiger charge is -2.16. The van der Waals surface area contributed by atoms with Crippen LogP contribution in [0, 0.1) is 13.8 Å². The zero-order chi connectivity index (χ0) is 29.4. The van der Waals surface area contributed by atoms with Crippen LogP contribution in [0.2, 0.25) is 0 Å². The lowest BCUT2D eigenvalue weighted by molar-refractivity contribution is 0.0697. The van der Waals surface area contributed by atoms with E-state index in [-0.39, 0.29) is 17.5 Å². The summed E-state index contributed by atoms with van der Waals surface area (Å²) < 4.78 is 2.26. The quantitative estimate of drug-likeness (QED) is 0.212. The van der Waals surface area contributed by atoms with Gasteiger partial charge in [0, 0.05) is 40.3 Å². The minimum atomic E-state index is -0.937. The van der Waals surface area contributed by atoms with Crippen LogP contribution in [-0.4, -0.2) is 26.5 Å². The molecule has 0 bridgehead atoms. The van der Waals surface area contributed by atoms with Crippen LogP contribution < -0.4 is 5.32 Å². The highest BCUT2D eigenvalue weighted by Gasteiger charge is 2.18. The van der Waals surface area contributed by atoms with E-state index in [9.17, 15) is 14.7 Å². The highest BCUT2D eigenvalue weighted by atomic mass is 16.4. The summed E-state index contributed by atoms with van der Waals surface area (Å²) in [6.45, 7) is 6.85. The molecule has 0 aliphatic rings. The molecule has 2 N–H and O–H groups in total. The van der Waals surface area contributed by atoms with Crippen LogP contribution >= 0.6 is 0 Å². The first-order chi connectivity index (χ1) is 20.3. The van der Waals surface area contributed by atoms with E-state index in [0.29, 0.717) is 17.7 Å². The molecule has 6 rings (SSSR count). The van der Waals surface area contributed by atoms with Crippen molar-refractivity contribution >= 4 is 33.7 Å². The third-order valence-electron chi connectivity index (χ3n) is 8.16. The van der Waals surface area contributed by atoms with Crippen molar-refractivity contribution in [3.05, 3.63) is 137 Å². The van der Waals surface area contributed by atoms with E-state index in [1.165, 1.54) is 0 Å². The second-order valence-electron chi connectivity index (χ2n) is 10.7. The van der Waals surface area contributed by atoms with Gasteiger partial charge in [0.15, 0.2) is 0 Å². The molecule has 0 aliphatic heterocycles. The van der Waals surface area contributed by atoms with E-state index in [1.54, 1.807) is 18.3 Å². The van der Waals surface area contributed by atoms with Gasteiger partial charge >= 0.3 is 5.97 Å². The summed E-state index contributed by atoms with van der Waals surface area (Å²) in [5.74, 6) is -1.06. The molecule has 0 radical (unpaired) electrons. The van der Waals surface area contributed by atoms with Crippen molar-refractivity contribution in [1.82, 2.24) is 14.9 Å². The number of aromatic carboxylic acids is 1. The normalized spacial score (nSPS) is 12.0. The zero-order valence-corrected chi connectivity index (χ0v) is 23.8. The number of para-hydroxylation sites is 1. The van der Waals surface area contributed by atoms with Crippen LogP contribution in [0.1, 0.15) is 56.1 Å². The van der Waals surface area contributed by atoms with Crippen molar-refractivity contribution in [2.45, 2.75) is 33.4 Å². The summed E-state index contributed by atoms with van der Waals surface area (Å²) in [6, 6.07) is 30.7. The predicted octanol–water partition coefficient (Wildman–Crippen LogP) is 7.71. The number of nitrogens with zero attached hydrogens (tertiary/aromatic N) is 2. The maximum Gasteiger partial charge on any atom is 0.336 e. The highest BCUT2D eigenvalue weighted by Crippen LogP contribution is 2.29. The molecule has 42 heavy (non-hydrogen) atoms. The lowest BCUT2D eigenvalue weighted by atomic mass is 9.99. The number of pyridine rings is 1. The average Bonchev–Trinajstić information content (AvgIpc) is 3.25. The third-order valence-corrected chi connectivity index (χ3v) is 8.16. The number of hydrogen-bond acceptors (Lipinski definition) is 3. The van der Waals surface area contributed by atoms with Gasteiger partial charge in [0.1, 0.15) is 0 Å². The number of rotatable bonds is 7. The number of carboxylic acids is 1. The average molecular weight is 554 g/mol. The van der Waals surface area contributed by atoms with Crippen molar-refractivity contribution in [1.29, 1.82) is 0 Å². The number of benzene rings is 4. The van der Waals surface area contributed by atoms with Crippen LogP contribution in [0.5, 0.6) is 0 Å². The van der Waals surface area contributed by atoms with E-state index < -0.39 is 5.97 Å². The molecule has 6 nitrogen and oxygen atoms in total. The van der Waals surface area contributed by atoms with E-state index in [4.69, 9.17) is 0 Å². The van der Waals surface area contributed by atoms with Crippen molar-refractivity contribution in [3.63, 3.8) is 0 Å². The molecule has 1 amide bonds. The Labute approximate surface area is 244 Å². The molecule has 2 heterocycles. The molecule has 6 heteroatoms. The van der Waals surface area contributed by atoms with E-state index in [0.717, 1.165) is 49.8 Å². The summed E-state index contributed by atoms with van der Waals surface area (Å²) in [7, 11) is 0. The summed E-state index contributed by atoms with van der Waals surface area (Å²) >= 11 is 0. The van der Waals surface area contributed by atoms with Gasteiger partial charge in [0.2, 0.25) is 0 Å². The molecule has 6 aromatic rings. The van der Waals surface area contributed by atoms with Gasteiger partial charge in [-0.15, -0.1) is 0 Å². The number of amides is 1. The van der Waals surface area contributed by atoms with Crippen LogP contribution in [-0.2, 0) is 6.54 Å². The monoisotopic (exact) mass is 553 g/mol. The Morgan fingerprint density at radius 3 is 2.40 bits per heavy atom. The van der Waals surface area contributed by atoms with Gasteiger partial charge in [-0.05, 0) is 85.0 Å². The summed E-state index contributed by atoms with van der Waals surface area (Å²) in [6.07, 6.45) is 1.78. The Balaban J connectivity index is 1.24. The Morgan fingerprint density at radius 1 is 0.881 bits per heavy atom. The number of carboxylic acid groups (broad SMARTS) is 1. The Morgan fingerprint density at radius 2 is 1.62 bits per heavy atom. The van der Waals surface area contributed by atoms with Crippen LogP contribution in [0.15, 0.2) is 103 Å². The molecule has 0 spiro atoms. The third kappa shape index (κ3) is 4.92.